The Kier molecular flexibility index (Phi) is 10.1. The minimum absolute atomic E-state index is 0. The zero-order valence-corrected chi connectivity index (χ0v) is 19.5. The van der Waals surface area contributed by atoms with E-state index in [4.69, 9.17) is 0 Å². The molecule has 0 radical (unpaired) electrons. The van der Waals surface area contributed by atoms with Crippen molar-refractivity contribution in [2.45, 2.75) is 23.3 Å². The molecule has 1 aliphatic heterocycles. The number of sulfonamides is 1. The molecule has 1 unspecified atom stereocenters. The molecule has 10 heteroatoms. The van der Waals surface area contributed by atoms with Gasteiger partial charge < -0.3 is 10.2 Å². The molecule has 1 aliphatic rings. The molecule has 0 amide bonds. The van der Waals surface area contributed by atoms with Crippen molar-refractivity contribution >= 4 is 63.1 Å². The van der Waals surface area contributed by atoms with Gasteiger partial charge in [-0.15, -0.1) is 35.3 Å². The van der Waals surface area contributed by atoms with Crippen LogP contribution < -0.4 is 10.0 Å². The van der Waals surface area contributed by atoms with Gasteiger partial charge in [0.15, 0.2) is 5.96 Å². The number of hydrogen-bond donors (Lipinski definition) is 2. The number of aliphatic imine (C=N–C) groups is 1. The zero-order chi connectivity index (χ0) is 17.6. The average Bonchev–Trinajstić information content (AvgIpc) is 3.10. The van der Waals surface area contributed by atoms with Crippen LogP contribution in [0.15, 0.2) is 26.7 Å². The second-order valence-electron chi connectivity index (χ2n) is 5.90. The van der Waals surface area contributed by atoms with Gasteiger partial charge >= 0.3 is 0 Å². The predicted octanol–water partition coefficient (Wildman–Crippen LogP) is 2.29. The van der Waals surface area contributed by atoms with Crippen molar-refractivity contribution in [3.63, 3.8) is 0 Å². The molecule has 1 fully saturated rings. The summed E-state index contributed by atoms with van der Waals surface area (Å²) in [6.07, 6.45) is 0. The molecule has 2 N–H and O–H groups in total. The van der Waals surface area contributed by atoms with Crippen LogP contribution in [-0.2, 0) is 10.0 Å². The van der Waals surface area contributed by atoms with Gasteiger partial charge in [0, 0.05) is 44.2 Å². The van der Waals surface area contributed by atoms with E-state index >= 15 is 0 Å². The topological polar surface area (TPSA) is 73.8 Å². The summed E-state index contributed by atoms with van der Waals surface area (Å²) in [5.41, 5.74) is 0. The summed E-state index contributed by atoms with van der Waals surface area (Å²) in [7, 11) is -1.63. The first kappa shape index (κ1) is 23.0. The lowest BCUT2D eigenvalue weighted by atomic mass is 10.1. The lowest BCUT2D eigenvalue weighted by molar-refractivity contribution is 0.381. The number of halogens is 1. The van der Waals surface area contributed by atoms with Crippen molar-refractivity contribution in [3.05, 3.63) is 17.5 Å². The Morgan fingerprint density at radius 1 is 1.44 bits per heavy atom. The van der Waals surface area contributed by atoms with Crippen LogP contribution in [0.2, 0.25) is 0 Å². The molecule has 144 valence electrons. The zero-order valence-electron chi connectivity index (χ0n) is 14.8. The quantitative estimate of drug-likeness (QED) is 0.262. The van der Waals surface area contributed by atoms with E-state index in [2.05, 4.69) is 33.8 Å². The average molecular weight is 519 g/mol. The molecule has 1 atom stereocenters. The summed E-state index contributed by atoms with van der Waals surface area (Å²) in [4.78, 5) is 6.60. The summed E-state index contributed by atoms with van der Waals surface area (Å²) in [5.74, 6) is 2.57. The van der Waals surface area contributed by atoms with Gasteiger partial charge in [-0.05, 0) is 17.4 Å². The van der Waals surface area contributed by atoms with E-state index in [1.807, 2.05) is 11.8 Å². The van der Waals surface area contributed by atoms with Gasteiger partial charge in [0.2, 0.25) is 10.0 Å². The number of rotatable bonds is 6. The largest absolute Gasteiger partial charge is 0.355 e. The predicted molar refractivity (Wildman–Crippen MR) is 119 cm³/mol. The highest BCUT2D eigenvalue weighted by Gasteiger charge is 2.24. The fourth-order valence-corrected chi connectivity index (χ4v) is 5.82. The number of nitrogens with zero attached hydrogens (tertiary/aromatic N) is 2. The van der Waals surface area contributed by atoms with Crippen LogP contribution in [0.3, 0.4) is 0 Å². The van der Waals surface area contributed by atoms with Gasteiger partial charge in [-0.25, -0.2) is 13.1 Å². The Bertz CT molecular complexity index is 635. The number of nitrogens with one attached hydrogen (secondary N) is 2. The fourth-order valence-electron chi connectivity index (χ4n) is 2.45. The van der Waals surface area contributed by atoms with Crippen molar-refractivity contribution in [2.24, 2.45) is 10.9 Å². The number of hydrogen-bond acceptors (Lipinski definition) is 5. The van der Waals surface area contributed by atoms with Gasteiger partial charge in [-0.1, -0.05) is 19.9 Å². The van der Waals surface area contributed by atoms with Gasteiger partial charge in [0.25, 0.3) is 0 Å². The minimum atomic E-state index is -3.39. The molecule has 0 aliphatic carbocycles. The summed E-state index contributed by atoms with van der Waals surface area (Å²) >= 11 is 3.24. The van der Waals surface area contributed by atoms with Gasteiger partial charge in [-0.3, -0.25) is 4.99 Å². The second-order valence-corrected chi connectivity index (χ2v) is 10.2. The van der Waals surface area contributed by atoms with E-state index in [-0.39, 0.29) is 24.0 Å². The number of thiophene rings is 1. The summed E-state index contributed by atoms with van der Waals surface area (Å²) in [6.45, 7) is 7.27. The molecule has 1 aromatic heterocycles. The molecule has 6 nitrogen and oxygen atoms in total. The standard InChI is InChI=1S/C15H26N4O2S3.HI/c1-12(2)13-11-19(8-10-22-13)15(16-3)17-6-7-18-24(20,21)14-5-4-9-23-14;/h4-5,9,12-13,18H,6-8,10-11H2,1-3H3,(H,16,17);1H. The smallest absolute Gasteiger partial charge is 0.250 e. The van der Waals surface area contributed by atoms with Gasteiger partial charge in [0.1, 0.15) is 4.21 Å². The Morgan fingerprint density at radius 3 is 2.80 bits per heavy atom. The van der Waals surface area contributed by atoms with Crippen molar-refractivity contribution in [1.82, 2.24) is 14.9 Å². The first-order chi connectivity index (χ1) is 11.4. The van der Waals surface area contributed by atoms with E-state index in [1.165, 1.54) is 11.3 Å². The summed E-state index contributed by atoms with van der Waals surface area (Å²) < 4.78 is 27.1. The molecule has 0 saturated carbocycles. The molecule has 0 spiro atoms. The van der Waals surface area contributed by atoms with Crippen LogP contribution in [0.4, 0.5) is 0 Å². The normalized spacial score (nSPS) is 19.0. The van der Waals surface area contributed by atoms with E-state index < -0.39 is 10.0 Å². The second kappa shape index (κ2) is 11.0. The monoisotopic (exact) mass is 518 g/mol. The molecule has 1 saturated heterocycles. The van der Waals surface area contributed by atoms with Crippen LogP contribution in [0.25, 0.3) is 0 Å². The van der Waals surface area contributed by atoms with Gasteiger partial charge in [0.05, 0.1) is 0 Å². The van der Waals surface area contributed by atoms with E-state index in [1.54, 1.807) is 24.6 Å². The number of thioether (sulfide) groups is 1. The Morgan fingerprint density at radius 2 is 2.20 bits per heavy atom. The lowest BCUT2D eigenvalue weighted by Gasteiger charge is -2.36. The molecule has 1 aromatic rings. The molecule has 2 heterocycles. The Balaban J connectivity index is 0.00000312. The third-order valence-electron chi connectivity index (χ3n) is 3.81. The Hall–Kier alpha value is -0.0400. The molecular weight excluding hydrogens is 491 g/mol. The number of guanidine groups is 1. The van der Waals surface area contributed by atoms with E-state index in [0.29, 0.717) is 28.5 Å². The molecule has 2 rings (SSSR count). The summed E-state index contributed by atoms with van der Waals surface area (Å²) in [6, 6.07) is 3.34. The molecular formula is C15H27IN4O2S3. The van der Waals surface area contributed by atoms with Crippen LogP contribution >= 0.6 is 47.1 Å². The highest BCUT2D eigenvalue weighted by Crippen LogP contribution is 2.24. The highest BCUT2D eigenvalue weighted by atomic mass is 127. The van der Waals surface area contributed by atoms with Crippen LogP contribution in [0.1, 0.15) is 13.8 Å². The maximum Gasteiger partial charge on any atom is 0.250 e. The van der Waals surface area contributed by atoms with Gasteiger partial charge in [-0.2, -0.15) is 11.8 Å². The molecule has 0 aromatic carbocycles. The maximum atomic E-state index is 12.1. The van der Waals surface area contributed by atoms with E-state index in [9.17, 15) is 8.42 Å². The first-order valence-electron chi connectivity index (χ1n) is 8.04. The third-order valence-corrected chi connectivity index (χ3v) is 8.21. The molecule has 0 bridgehead atoms. The fraction of sp³-hybridized carbons (Fsp3) is 0.667. The van der Waals surface area contributed by atoms with Crippen LogP contribution in [0.5, 0.6) is 0 Å². The van der Waals surface area contributed by atoms with Crippen molar-refractivity contribution in [3.8, 4) is 0 Å². The van der Waals surface area contributed by atoms with Crippen molar-refractivity contribution in [2.75, 3.05) is 39.0 Å². The summed E-state index contributed by atoms with van der Waals surface area (Å²) in [5, 5.41) is 5.62. The molecule has 25 heavy (non-hydrogen) atoms. The third kappa shape index (κ3) is 6.89. The SMILES string of the molecule is CN=C(NCCNS(=O)(=O)c1cccs1)N1CCSC(C(C)C)C1.I. The van der Waals surface area contributed by atoms with Crippen LogP contribution in [-0.4, -0.2) is 63.5 Å². The van der Waals surface area contributed by atoms with E-state index in [0.717, 1.165) is 24.8 Å². The minimum Gasteiger partial charge on any atom is -0.355 e. The highest BCUT2D eigenvalue weighted by molar-refractivity contribution is 14.0. The van der Waals surface area contributed by atoms with Crippen molar-refractivity contribution in [1.29, 1.82) is 0 Å². The maximum absolute atomic E-state index is 12.1. The van der Waals surface area contributed by atoms with Crippen LogP contribution in [0, 0.1) is 5.92 Å². The first-order valence-corrected chi connectivity index (χ1v) is 11.5. The lowest BCUT2D eigenvalue weighted by Crippen LogP contribution is -2.50. The van der Waals surface area contributed by atoms with Crippen molar-refractivity contribution < 1.29 is 8.42 Å². The Labute approximate surface area is 176 Å².